The van der Waals surface area contributed by atoms with Crippen LogP contribution in [0.4, 0.5) is 19.0 Å². The normalized spacial score (nSPS) is 15.6. The number of piperazine rings is 1. The first-order valence-electron chi connectivity index (χ1n) is 8.23. The summed E-state index contributed by atoms with van der Waals surface area (Å²) in [7, 11) is 0. The van der Waals surface area contributed by atoms with Crippen LogP contribution in [0.1, 0.15) is 21.6 Å². The first kappa shape index (κ1) is 20.1. The second kappa shape index (κ2) is 7.76. The molecule has 150 valence electrons. The molecule has 3 rings (SSSR count). The van der Waals surface area contributed by atoms with Crippen molar-refractivity contribution in [1.82, 2.24) is 20.0 Å². The molecule has 0 aliphatic carbocycles. The molecule has 1 N–H and O–H groups in total. The quantitative estimate of drug-likeness (QED) is 0.609. The summed E-state index contributed by atoms with van der Waals surface area (Å²) in [5.41, 5.74) is -0.395. The summed E-state index contributed by atoms with van der Waals surface area (Å²) in [6.45, 7) is 1.79. The van der Waals surface area contributed by atoms with Crippen molar-refractivity contribution in [2.45, 2.75) is 12.7 Å². The lowest BCUT2D eigenvalue weighted by Crippen LogP contribution is -2.48. The van der Waals surface area contributed by atoms with E-state index in [-0.39, 0.29) is 10.7 Å². The predicted octanol–water partition coefficient (Wildman–Crippen LogP) is 2.95. The molecule has 0 saturated carbocycles. The van der Waals surface area contributed by atoms with E-state index in [0.717, 1.165) is 12.1 Å². The van der Waals surface area contributed by atoms with Gasteiger partial charge in [-0.3, -0.25) is 9.69 Å². The lowest BCUT2D eigenvalue weighted by Gasteiger charge is -2.34. The number of carbonyl (C=O) groups is 1. The largest absolute Gasteiger partial charge is 0.416 e. The van der Waals surface area contributed by atoms with Crippen molar-refractivity contribution in [2.24, 2.45) is 0 Å². The van der Waals surface area contributed by atoms with E-state index in [4.69, 9.17) is 11.6 Å². The first-order valence-corrected chi connectivity index (χ1v) is 8.60. The highest BCUT2D eigenvalue weighted by Gasteiger charge is 2.32. The number of halogens is 4. The molecule has 1 aromatic carbocycles. The summed E-state index contributed by atoms with van der Waals surface area (Å²) in [5, 5.41) is 16.2. The third-order valence-corrected chi connectivity index (χ3v) is 4.75. The van der Waals surface area contributed by atoms with Gasteiger partial charge in [-0.25, -0.2) is 0 Å². The number of rotatable bonds is 4. The molecule has 28 heavy (non-hydrogen) atoms. The Morgan fingerprint density at radius 3 is 2.54 bits per heavy atom. The van der Waals surface area contributed by atoms with Crippen molar-refractivity contribution in [3.63, 3.8) is 0 Å². The van der Waals surface area contributed by atoms with Crippen LogP contribution in [0.25, 0.3) is 0 Å². The molecule has 2 aromatic rings. The molecule has 12 heteroatoms. The van der Waals surface area contributed by atoms with E-state index in [9.17, 15) is 28.1 Å². The maximum Gasteiger partial charge on any atom is 0.416 e. The fourth-order valence-electron chi connectivity index (χ4n) is 2.94. The summed E-state index contributed by atoms with van der Waals surface area (Å²) >= 11 is 5.84. The smallest absolute Gasteiger partial charge is 0.358 e. The number of amides is 1. The molecule has 1 saturated heterocycles. The van der Waals surface area contributed by atoms with Crippen molar-refractivity contribution in [2.75, 3.05) is 26.2 Å². The summed E-state index contributed by atoms with van der Waals surface area (Å²) in [6.07, 6.45) is -4.40. The number of hydrogen-bond acceptors (Lipinski definition) is 5. The zero-order valence-corrected chi connectivity index (χ0v) is 15.1. The Hall–Kier alpha value is -2.66. The molecule has 1 aromatic heterocycles. The number of nitrogens with zero attached hydrogens (tertiary/aromatic N) is 4. The van der Waals surface area contributed by atoms with Gasteiger partial charge in [-0.2, -0.15) is 13.2 Å². The fraction of sp³-hybridized carbons (Fsp3) is 0.375. The maximum absolute atomic E-state index is 12.8. The second-order valence-electron chi connectivity index (χ2n) is 6.26. The van der Waals surface area contributed by atoms with Crippen LogP contribution in [-0.2, 0) is 12.7 Å². The van der Waals surface area contributed by atoms with Crippen LogP contribution < -0.4 is 0 Å². The Kier molecular flexibility index (Phi) is 5.57. The Labute approximate surface area is 162 Å². The molecule has 8 nitrogen and oxygen atoms in total. The van der Waals surface area contributed by atoms with Gasteiger partial charge in [0, 0.05) is 32.7 Å². The minimum absolute atomic E-state index is 0.223. The zero-order valence-electron chi connectivity index (χ0n) is 14.4. The predicted molar refractivity (Wildman–Crippen MR) is 92.9 cm³/mol. The van der Waals surface area contributed by atoms with E-state index < -0.39 is 28.4 Å². The molecule has 1 amide bonds. The first-order chi connectivity index (χ1) is 13.2. The standard InChI is InChI=1S/C16H15ClF3N5O3/c17-12-13(21-22-14(12)25(27)28)15(26)24-6-4-23(5-7-24)9-10-2-1-3-11(8-10)16(18,19)20/h1-3,8H,4-7,9H2,(H,21,22). The van der Waals surface area contributed by atoms with E-state index in [2.05, 4.69) is 10.2 Å². The van der Waals surface area contributed by atoms with Gasteiger partial charge in [0.2, 0.25) is 0 Å². The zero-order chi connectivity index (χ0) is 20.5. The van der Waals surface area contributed by atoms with Gasteiger partial charge in [-0.05, 0) is 16.6 Å². The van der Waals surface area contributed by atoms with Gasteiger partial charge in [0.25, 0.3) is 5.91 Å². The van der Waals surface area contributed by atoms with Crippen LogP contribution in [-0.4, -0.2) is 57.0 Å². The number of benzene rings is 1. The van der Waals surface area contributed by atoms with Crippen molar-refractivity contribution < 1.29 is 22.9 Å². The molecule has 0 bridgehead atoms. The molecular weight excluding hydrogens is 403 g/mol. The second-order valence-corrected chi connectivity index (χ2v) is 6.64. The highest BCUT2D eigenvalue weighted by atomic mass is 35.5. The number of aromatic nitrogens is 2. The number of nitrogens with one attached hydrogen (secondary N) is 1. The molecule has 0 unspecified atom stereocenters. The highest BCUT2D eigenvalue weighted by molar-refractivity contribution is 6.35. The van der Waals surface area contributed by atoms with E-state index >= 15 is 0 Å². The monoisotopic (exact) mass is 417 g/mol. The van der Waals surface area contributed by atoms with E-state index in [1.54, 1.807) is 6.07 Å². The van der Waals surface area contributed by atoms with Gasteiger partial charge in [-0.15, -0.1) is 5.10 Å². The van der Waals surface area contributed by atoms with Crippen molar-refractivity contribution in [3.8, 4) is 0 Å². The molecule has 0 atom stereocenters. The van der Waals surface area contributed by atoms with Crippen molar-refractivity contribution >= 4 is 23.3 Å². The van der Waals surface area contributed by atoms with E-state index in [1.165, 1.54) is 11.0 Å². The van der Waals surface area contributed by atoms with Crippen LogP contribution in [0.5, 0.6) is 0 Å². The molecule has 0 spiro atoms. The average Bonchev–Trinajstić information content (AvgIpc) is 3.03. The number of hydrogen-bond donors (Lipinski definition) is 1. The SMILES string of the molecule is O=C(c1n[nH]c([N+](=O)[O-])c1Cl)N1CCN(Cc2cccc(C(F)(F)F)c2)CC1. The third-order valence-electron chi connectivity index (χ3n) is 4.39. The number of carbonyl (C=O) groups excluding carboxylic acids is 1. The van der Waals surface area contributed by atoms with Crippen LogP contribution in [0.2, 0.25) is 5.02 Å². The van der Waals surface area contributed by atoms with Gasteiger partial charge >= 0.3 is 12.0 Å². The minimum Gasteiger partial charge on any atom is -0.358 e. The van der Waals surface area contributed by atoms with Crippen LogP contribution in [0.15, 0.2) is 24.3 Å². The van der Waals surface area contributed by atoms with Crippen LogP contribution in [0, 0.1) is 10.1 Å². The van der Waals surface area contributed by atoms with Crippen molar-refractivity contribution in [3.05, 3.63) is 56.2 Å². The summed E-state index contributed by atoms with van der Waals surface area (Å²) < 4.78 is 38.4. The minimum atomic E-state index is -4.40. The topological polar surface area (TPSA) is 95.4 Å². The lowest BCUT2D eigenvalue weighted by atomic mass is 10.1. The molecule has 2 heterocycles. The van der Waals surface area contributed by atoms with Gasteiger partial charge in [0.15, 0.2) is 10.7 Å². The van der Waals surface area contributed by atoms with Crippen molar-refractivity contribution in [1.29, 1.82) is 0 Å². The molecule has 1 aliphatic rings. The Morgan fingerprint density at radius 1 is 1.29 bits per heavy atom. The molecule has 1 fully saturated rings. The third kappa shape index (κ3) is 4.25. The van der Waals surface area contributed by atoms with Crippen LogP contribution >= 0.6 is 11.6 Å². The maximum atomic E-state index is 12.8. The van der Waals surface area contributed by atoms with Crippen LogP contribution in [0.3, 0.4) is 0 Å². The van der Waals surface area contributed by atoms with E-state index in [0.29, 0.717) is 38.3 Å². The molecular formula is C16H15ClF3N5O3. The highest BCUT2D eigenvalue weighted by Crippen LogP contribution is 2.30. The fourth-order valence-corrected chi connectivity index (χ4v) is 3.18. The average molecular weight is 418 g/mol. The lowest BCUT2D eigenvalue weighted by molar-refractivity contribution is -0.389. The number of H-pyrrole nitrogens is 1. The molecule has 0 radical (unpaired) electrons. The summed E-state index contributed by atoms with van der Waals surface area (Å²) in [6, 6.07) is 5.12. The number of aromatic amines is 1. The van der Waals surface area contributed by atoms with Gasteiger partial charge < -0.3 is 15.0 Å². The Balaban J connectivity index is 1.60. The van der Waals surface area contributed by atoms with Gasteiger partial charge in [0.05, 0.1) is 5.56 Å². The summed E-state index contributed by atoms with van der Waals surface area (Å²) in [4.78, 5) is 25.9. The number of nitro groups is 1. The summed E-state index contributed by atoms with van der Waals surface area (Å²) in [5.74, 6) is -1.08. The van der Waals surface area contributed by atoms with Gasteiger partial charge in [0.1, 0.15) is 0 Å². The Morgan fingerprint density at radius 2 is 1.96 bits per heavy atom. The van der Waals surface area contributed by atoms with Gasteiger partial charge in [-0.1, -0.05) is 34.9 Å². The van der Waals surface area contributed by atoms with E-state index in [1.807, 2.05) is 4.90 Å². The Bertz CT molecular complexity index is 894. The molecule has 1 aliphatic heterocycles. The number of alkyl halides is 3.